The van der Waals surface area contributed by atoms with Gasteiger partial charge in [-0.1, -0.05) is 63.1 Å². The Balaban J connectivity index is 1.73. The Morgan fingerprint density at radius 1 is 0.941 bits per heavy atom. The van der Waals surface area contributed by atoms with Crippen LogP contribution in [0.5, 0.6) is 5.75 Å². The van der Waals surface area contributed by atoms with Crippen LogP contribution < -0.4 is 4.74 Å². The van der Waals surface area contributed by atoms with Crippen molar-refractivity contribution in [2.45, 2.75) is 91.1 Å². The molecule has 0 spiro atoms. The second-order valence-electron chi connectivity index (χ2n) is 8.47. The Morgan fingerprint density at radius 3 is 2.26 bits per heavy atom. The van der Waals surface area contributed by atoms with Gasteiger partial charge in [0.25, 0.3) is 0 Å². The largest absolute Gasteiger partial charge is 0.463 e. The number of aryl methyl sites for hydroxylation is 1. The molecule has 2 aromatic rings. The minimum atomic E-state index is -0.255. The number of allylic oxidation sites excluding steroid dienone is 2. The lowest BCUT2D eigenvalue weighted by Crippen LogP contribution is -2.14. The van der Waals surface area contributed by atoms with E-state index in [1.54, 1.807) is 6.92 Å². The van der Waals surface area contributed by atoms with Crippen molar-refractivity contribution < 1.29 is 19.1 Å². The van der Waals surface area contributed by atoms with E-state index in [1.807, 2.05) is 31.2 Å². The molecule has 6 heteroatoms. The maximum absolute atomic E-state index is 12.0. The Kier molecular flexibility index (Phi) is 12.6. The Hall–Kier alpha value is -3.02. The summed E-state index contributed by atoms with van der Waals surface area (Å²) in [6.07, 6.45) is 16.1. The van der Waals surface area contributed by atoms with Crippen molar-refractivity contribution >= 4 is 11.9 Å². The van der Waals surface area contributed by atoms with Crippen LogP contribution in [0.25, 0.3) is 11.4 Å². The van der Waals surface area contributed by atoms with Crippen molar-refractivity contribution in [3.8, 4) is 17.1 Å². The number of carbonyl (C=O) groups excluding carboxylic acids is 2. The van der Waals surface area contributed by atoms with Crippen LogP contribution in [-0.2, 0) is 20.7 Å². The summed E-state index contributed by atoms with van der Waals surface area (Å²) >= 11 is 0. The van der Waals surface area contributed by atoms with Crippen molar-refractivity contribution in [3.05, 3.63) is 54.4 Å². The van der Waals surface area contributed by atoms with Gasteiger partial charge in [0.05, 0.1) is 18.5 Å². The lowest BCUT2D eigenvalue weighted by molar-refractivity contribution is -0.148. The standard InChI is InChI=1S/C28H38N2O4/c1-4-6-7-8-9-10-11-12-13-27(32)34-25-20-29-28(30-21-25)24-18-16-23(17-19-24)15-14-22(3)33-26(31)5-2/h8-9,16-22H,4-7,10-15H2,1-3H3. The number of ether oxygens (including phenoxy) is 2. The zero-order chi connectivity index (χ0) is 24.6. The van der Waals surface area contributed by atoms with Crippen LogP contribution in [0.3, 0.4) is 0 Å². The molecule has 1 atom stereocenters. The molecule has 184 valence electrons. The van der Waals surface area contributed by atoms with E-state index in [1.165, 1.54) is 25.2 Å². The summed E-state index contributed by atoms with van der Waals surface area (Å²) in [7, 11) is 0. The summed E-state index contributed by atoms with van der Waals surface area (Å²) in [5, 5.41) is 0. The molecule has 0 amide bonds. The first-order valence-electron chi connectivity index (χ1n) is 12.5. The van der Waals surface area contributed by atoms with Crippen LogP contribution in [0.15, 0.2) is 48.8 Å². The SMILES string of the molecule is CCCCC=CCCCCC(=O)Oc1cnc(-c2ccc(CCC(C)OC(=O)CC)cc2)nc1. The van der Waals surface area contributed by atoms with Gasteiger partial charge in [-0.15, -0.1) is 0 Å². The molecule has 0 saturated heterocycles. The molecule has 1 heterocycles. The highest BCUT2D eigenvalue weighted by Gasteiger charge is 2.09. The minimum Gasteiger partial charge on any atom is -0.463 e. The van der Waals surface area contributed by atoms with Crippen LogP contribution in [0.2, 0.25) is 0 Å². The number of nitrogens with zero attached hydrogens (tertiary/aromatic N) is 2. The van der Waals surface area contributed by atoms with Crippen LogP contribution in [0.1, 0.15) is 84.1 Å². The molecule has 0 aliphatic rings. The third-order valence-electron chi connectivity index (χ3n) is 5.43. The molecule has 34 heavy (non-hydrogen) atoms. The quantitative estimate of drug-likeness (QED) is 0.166. The molecule has 0 bridgehead atoms. The molecule has 0 radical (unpaired) electrons. The highest BCUT2D eigenvalue weighted by molar-refractivity contribution is 5.72. The molecule has 1 unspecified atom stereocenters. The highest BCUT2D eigenvalue weighted by Crippen LogP contribution is 2.19. The maximum atomic E-state index is 12.0. The van der Waals surface area contributed by atoms with E-state index in [0.29, 0.717) is 24.4 Å². The number of unbranched alkanes of at least 4 members (excludes halogenated alkanes) is 4. The highest BCUT2D eigenvalue weighted by atomic mass is 16.5. The lowest BCUT2D eigenvalue weighted by Gasteiger charge is -2.12. The van der Waals surface area contributed by atoms with E-state index >= 15 is 0 Å². The maximum Gasteiger partial charge on any atom is 0.311 e. The van der Waals surface area contributed by atoms with Gasteiger partial charge in [0.1, 0.15) is 0 Å². The molecule has 1 aromatic carbocycles. The van der Waals surface area contributed by atoms with E-state index < -0.39 is 0 Å². The predicted molar refractivity (Wildman–Crippen MR) is 134 cm³/mol. The molecule has 0 aliphatic heterocycles. The van der Waals surface area contributed by atoms with Crippen LogP contribution >= 0.6 is 0 Å². The van der Waals surface area contributed by atoms with Gasteiger partial charge in [-0.3, -0.25) is 9.59 Å². The van der Waals surface area contributed by atoms with Gasteiger partial charge in [-0.2, -0.15) is 0 Å². The summed E-state index contributed by atoms with van der Waals surface area (Å²) in [4.78, 5) is 32.1. The summed E-state index contributed by atoms with van der Waals surface area (Å²) in [5.41, 5.74) is 2.05. The number of hydrogen-bond donors (Lipinski definition) is 0. The lowest BCUT2D eigenvalue weighted by atomic mass is 10.1. The monoisotopic (exact) mass is 466 g/mol. The summed E-state index contributed by atoms with van der Waals surface area (Å²) in [6.45, 7) is 5.90. The molecule has 6 nitrogen and oxygen atoms in total. The molecule has 0 aliphatic carbocycles. The van der Waals surface area contributed by atoms with Crippen molar-refractivity contribution in [2.24, 2.45) is 0 Å². The Morgan fingerprint density at radius 2 is 1.62 bits per heavy atom. The third-order valence-corrected chi connectivity index (χ3v) is 5.43. The van der Waals surface area contributed by atoms with E-state index in [-0.39, 0.29) is 18.0 Å². The zero-order valence-corrected chi connectivity index (χ0v) is 20.8. The third kappa shape index (κ3) is 10.7. The van der Waals surface area contributed by atoms with Gasteiger partial charge in [0.15, 0.2) is 11.6 Å². The summed E-state index contributed by atoms with van der Waals surface area (Å²) < 4.78 is 10.7. The van der Waals surface area contributed by atoms with Crippen molar-refractivity contribution in [1.29, 1.82) is 0 Å². The number of aromatic nitrogens is 2. The van der Waals surface area contributed by atoms with E-state index in [4.69, 9.17) is 9.47 Å². The number of carbonyl (C=O) groups is 2. The molecule has 0 fully saturated rings. The van der Waals surface area contributed by atoms with Gasteiger partial charge in [-0.25, -0.2) is 9.97 Å². The number of benzene rings is 1. The molecule has 1 aromatic heterocycles. The average Bonchev–Trinajstić information content (AvgIpc) is 2.85. The topological polar surface area (TPSA) is 78.4 Å². The van der Waals surface area contributed by atoms with Crippen molar-refractivity contribution in [1.82, 2.24) is 9.97 Å². The Bertz CT molecular complexity index is 892. The van der Waals surface area contributed by atoms with E-state index in [2.05, 4.69) is 29.0 Å². The molecule has 0 saturated carbocycles. The predicted octanol–water partition coefficient (Wildman–Crippen LogP) is 6.63. The van der Waals surface area contributed by atoms with Gasteiger partial charge in [0, 0.05) is 18.4 Å². The first-order chi connectivity index (χ1) is 16.5. The Labute approximate surface area is 203 Å². The fourth-order valence-electron chi connectivity index (χ4n) is 3.35. The molecular formula is C28H38N2O4. The molecular weight excluding hydrogens is 428 g/mol. The smallest absolute Gasteiger partial charge is 0.311 e. The second-order valence-corrected chi connectivity index (χ2v) is 8.47. The summed E-state index contributed by atoms with van der Waals surface area (Å²) in [6, 6.07) is 7.99. The van der Waals surface area contributed by atoms with Gasteiger partial charge in [-0.05, 0) is 51.0 Å². The van der Waals surface area contributed by atoms with Crippen molar-refractivity contribution in [3.63, 3.8) is 0 Å². The fraction of sp³-hybridized carbons (Fsp3) is 0.500. The number of esters is 2. The van der Waals surface area contributed by atoms with E-state index in [9.17, 15) is 9.59 Å². The fourth-order valence-corrected chi connectivity index (χ4v) is 3.35. The van der Waals surface area contributed by atoms with Crippen molar-refractivity contribution in [2.75, 3.05) is 0 Å². The van der Waals surface area contributed by atoms with Crippen LogP contribution in [-0.4, -0.2) is 28.0 Å². The first kappa shape index (κ1) is 27.2. The van der Waals surface area contributed by atoms with Gasteiger partial charge < -0.3 is 9.47 Å². The average molecular weight is 467 g/mol. The zero-order valence-electron chi connectivity index (χ0n) is 20.8. The minimum absolute atomic E-state index is 0.0990. The van der Waals surface area contributed by atoms with E-state index in [0.717, 1.165) is 49.7 Å². The second kappa shape index (κ2) is 15.8. The molecule has 2 rings (SSSR count). The van der Waals surface area contributed by atoms with Crippen LogP contribution in [0, 0.1) is 0 Å². The summed E-state index contributed by atoms with van der Waals surface area (Å²) in [5.74, 6) is 0.515. The van der Waals surface area contributed by atoms with Crippen LogP contribution in [0.4, 0.5) is 0 Å². The normalized spacial score (nSPS) is 12.0. The van der Waals surface area contributed by atoms with Gasteiger partial charge >= 0.3 is 11.9 Å². The van der Waals surface area contributed by atoms with Gasteiger partial charge in [0.2, 0.25) is 0 Å². The number of hydrogen-bond acceptors (Lipinski definition) is 6. The number of rotatable bonds is 15. The molecule has 0 N–H and O–H groups in total. The first-order valence-corrected chi connectivity index (χ1v) is 12.5.